The van der Waals surface area contributed by atoms with Crippen LogP contribution in [0.2, 0.25) is 0 Å². The Morgan fingerprint density at radius 3 is 2.04 bits per heavy atom. The molecule has 10 heteroatoms. The maximum absolute atomic E-state index is 11.1. The number of phenolic OH excluding ortho intramolecular Hbond substituents is 1. The van der Waals surface area contributed by atoms with E-state index in [9.17, 15) is 4.79 Å². The largest absolute Gasteiger partial charge is 0.197 e. The van der Waals surface area contributed by atoms with Crippen molar-refractivity contribution >= 4 is 91.8 Å². The van der Waals surface area contributed by atoms with Crippen LogP contribution in [-0.2, 0) is 0 Å². The van der Waals surface area contributed by atoms with E-state index in [2.05, 4.69) is 74.5 Å². The third-order valence-corrected chi connectivity index (χ3v) is 3.01. The van der Waals surface area contributed by atoms with Crippen molar-refractivity contribution in [3.63, 3.8) is 0 Å². The number of nitriles is 1. The molecule has 2 aromatic carbocycles. The van der Waals surface area contributed by atoms with Crippen molar-refractivity contribution in [2.45, 2.75) is 13.8 Å². The second-order valence-electron chi connectivity index (χ2n) is 4.89. The van der Waals surface area contributed by atoms with Crippen LogP contribution < -0.4 is 18.0 Å². The maximum atomic E-state index is 11.1. The molecular formula is C18H18ClI5NO3-. The quantitative estimate of drug-likeness (QED) is 0.311. The molecule has 28 heavy (non-hydrogen) atoms. The zero-order chi connectivity index (χ0) is 21.9. The van der Waals surface area contributed by atoms with Gasteiger partial charge in [-0.1, -0.05) is 29.3 Å². The smallest absolute Gasteiger partial charge is 0.109 e. The number of carbonyl (C=O) groups is 1. The molecular weight excluding hydrogens is 948 g/mol. The molecule has 1 N–H and O–H groups in total. The van der Waals surface area contributed by atoms with Crippen molar-refractivity contribution in [3.8, 4) is 17.6 Å². The number of ketones is 1. The van der Waals surface area contributed by atoms with Crippen LogP contribution in [0.3, 0.4) is 0 Å². The van der Waals surface area contributed by atoms with E-state index in [0.717, 1.165) is 16.9 Å². The molecule has 0 unspecified atom stereocenters. The van der Waals surface area contributed by atoms with Gasteiger partial charge in [-0.25, -0.2) is 0 Å². The molecule has 0 spiro atoms. The number of ether oxygens (including phenoxy) is 1. The molecule has 0 bridgehead atoms. The van der Waals surface area contributed by atoms with E-state index in [-0.39, 0.29) is 18.3 Å². The molecule has 0 atom stereocenters. The standard InChI is InChI=1S/C9H8O2.C7H8O.C2H2ClN.I3.I2/c1-6-2-3-9-7(4-6)8(10)5-11-9;1-6-2-4-7(8)5-3-6;3-1-2-4;1-3-2;1-2/h2-4H,5H2,1H3;2-5,8H,1H3;1H2;;/q;;;-1;. The Balaban J connectivity index is 0. The molecule has 2 aromatic rings. The van der Waals surface area contributed by atoms with Crippen LogP contribution in [0.25, 0.3) is 0 Å². The molecule has 1 aliphatic rings. The number of nitrogens with zero attached hydrogens (tertiary/aromatic N) is 1. The number of halogens is 6. The number of phenols is 1. The Morgan fingerprint density at radius 2 is 1.61 bits per heavy atom. The minimum absolute atomic E-state index is 0.0868. The molecule has 0 radical (unpaired) electrons. The number of alkyl halides is 1. The molecule has 1 aliphatic heterocycles. The van der Waals surface area contributed by atoms with E-state index >= 15 is 0 Å². The summed E-state index contributed by atoms with van der Waals surface area (Å²) in [4.78, 5) is 11.1. The number of rotatable bonds is 0. The Labute approximate surface area is 224 Å². The first-order chi connectivity index (χ1) is 13.4. The number of hydrogen-bond acceptors (Lipinski definition) is 4. The number of carbonyl (C=O) groups excluding carboxylic acids is 1. The van der Waals surface area contributed by atoms with Gasteiger partial charge in [0, 0.05) is 37.2 Å². The fourth-order valence-electron chi connectivity index (χ4n) is 1.75. The topological polar surface area (TPSA) is 70.3 Å². The van der Waals surface area contributed by atoms with E-state index in [1.807, 2.05) is 44.2 Å². The van der Waals surface area contributed by atoms with Crippen molar-refractivity contribution in [1.29, 1.82) is 5.26 Å². The van der Waals surface area contributed by atoms with E-state index in [4.69, 9.17) is 26.7 Å². The number of fused-ring (bicyclic) bond motifs is 1. The summed E-state index contributed by atoms with van der Waals surface area (Å²) in [6.07, 6.45) is 0. The second kappa shape index (κ2) is 21.4. The molecule has 156 valence electrons. The zero-order valence-corrected chi connectivity index (χ0v) is 26.5. The minimum Gasteiger partial charge on any atom is -0.197 e. The summed E-state index contributed by atoms with van der Waals surface area (Å²) in [7, 11) is 0. The first-order valence-corrected chi connectivity index (χ1v) is 26.7. The molecule has 3 rings (SSSR count). The van der Waals surface area contributed by atoms with Crippen LogP contribution in [0.5, 0.6) is 11.5 Å². The van der Waals surface area contributed by atoms with Gasteiger partial charge in [-0.2, -0.15) is 5.26 Å². The number of hydrogen-bond donors (Lipinski definition) is 1. The van der Waals surface area contributed by atoms with Crippen molar-refractivity contribution in [2.24, 2.45) is 0 Å². The van der Waals surface area contributed by atoms with Crippen LogP contribution in [0.15, 0.2) is 42.5 Å². The molecule has 0 saturated heterocycles. The molecule has 0 fully saturated rings. The predicted molar refractivity (Wildman–Crippen MR) is 146 cm³/mol. The van der Waals surface area contributed by atoms with Crippen LogP contribution in [-0.4, -0.2) is 23.4 Å². The van der Waals surface area contributed by atoms with Crippen LogP contribution in [0, 0.1) is 25.2 Å². The Bertz CT molecular complexity index is 703. The summed E-state index contributed by atoms with van der Waals surface area (Å²) in [5.74, 6) is 1.24. The van der Waals surface area contributed by atoms with Gasteiger partial charge in [0.15, 0.2) is 6.61 Å². The molecule has 0 aliphatic carbocycles. The molecule has 0 aromatic heterocycles. The number of benzene rings is 2. The van der Waals surface area contributed by atoms with Crippen LogP contribution in [0.1, 0.15) is 21.5 Å². The van der Waals surface area contributed by atoms with E-state index < -0.39 is 0 Å². The summed E-state index contributed by atoms with van der Waals surface area (Å²) >= 11 is 14.4. The Kier molecular flexibility index (Phi) is 23.9. The fraction of sp³-hybridized carbons (Fsp3) is 0.222. The summed E-state index contributed by atoms with van der Waals surface area (Å²) in [6.45, 7) is 4.16. The van der Waals surface area contributed by atoms with Crippen molar-refractivity contribution in [3.05, 3.63) is 59.2 Å². The van der Waals surface area contributed by atoms with Gasteiger partial charge >= 0.3 is 50.5 Å². The third-order valence-electron chi connectivity index (χ3n) is 2.89. The van der Waals surface area contributed by atoms with Gasteiger partial charge in [0.05, 0.1) is 11.6 Å². The summed E-state index contributed by atoms with van der Waals surface area (Å²) in [5.41, 5.74) is 3.00. The summed E-state index contributed by atoms with van der Waals surface area (Å²) in [6, 6.07) is 14.4. The first-order valence-electron chi connectivity index (χ1n) is 7.36. The Morgan fingerprint density at radius 1 is 1.14 bits per heavy atom. The third kappa shape index (κ3) is 15.9. The van der Waals surface area contributed by atoms with Gasteiger partial charge in [-0.05, 0) is 38.1 Å². The predicted octanol–water partition coefficient (Wildman–Crippen LogP) is 4.57. The van der Waals surface area contributed by atoms with Gasteiger partial charge in [0.1, 0.15) is 17.4 Å². The zero-order valence-electron chi connectivity index (χ0n) is 14.9. The van der Waals surface area contributed by atoms with Crippen LogP contribution >= 0.6 is 86.1 Å². The molecule has 0 saturated carbocycles. The average molecular weight is 966 g/mol. The number of Topliss-reactive ketones (excluding diaryl/α,β-unsaturated/α-hetero) is 1. The van der Waals surface area contributed by atoms with Crippen LogP contribution in [0.4, 0.5) is 0 Å². The molecule has 4 nitrogen and oxygen atoms in total. The minimum atomic E-state index is 0.0868. The summed E-state index contributed by atoms with van der Waals surface area (Å²) in [5, 5.41) is 16.2. The van der Waals surface area contributed by atoms with E-state index in [1.165, 1.54) is 5.56 Å². The van der Waals surface area contributed by atoms with Gasteiger partial charge < -0.3 is 9.84 Å². The van der Waals surface area contributed by atoms with Crippen molar-refractivity contribution in [1.82, 2.24) is 0 Å². The van der Waals surface area contributed by atoms with Crippen molar-refractivity contribution < 1.29 is 27.9 Å². The van der Waals surface area contributed by atoms with Crippen molar-refractivity contribution in [2.75, 3.05) is 12.5 Å². The SMILES string of the molecule is Cc1ccc(O)cc1.Cc1ccc2c(c1)C(=O)CO2.II.I[I-]I.N#CCCl. The average Bonchev–Trinajstić information content (AvgIpc) is 3.07. The number of aromatic hydroxyl groups is 1. The van der Waals surface area contributed by atoms with Gasteiger partial charge in [0.2, 0.25) is 5.78 Å². The molecule has 0 amide bonds. The summed E-state index contributed by atoms with van der Waals surface area (Å²) < 4.78 is 5.12. The molecule has 1 heterocycles. The first kappa shape index (κ1) is 31.3. The second-order valence-corrected chi connectivity index (χ2v) is 21.4. The van der Waals surface area contributed by atoms with E-state index in [1.54, 1.807) is 18.2 Å². The monoisotopic (exact) mass is 966 g/mol. The van der Waals surface area contributed by atoms with E-state index in [0.29, 0.717) is 19.0 Å². The normalized spacial score (nSPS) is 10.0. The van der Waals surface area contributed by atoms with Gasteiger partial charge in [0.25, 0.3) is 0 Å². The maximum Gasteiger partial charge on any atom is 0.109 e. The number of aryl methyl sites for hydroxylation is 2. The fourth-order valence-corrected chi connectivity index (χ4v) is 1.75. The van der Waals surface area contributed by atoms with Gasteiger partial charge in [-0.3, -0.25) is 4.79 Å². The Hall–Kier alpha value is 1.14. The van der Waals surface area contributed by atoms with Gasteiger partial charge in [-0.15, -0.1) is 11.6 Å².